The number of hydrogen-bond acceptors (Lipinski definition) is 8. The largest absolute Gasteiger partial charge is 0.392 e. The van der Waals surface area contributed by atoms with Gasteiger partial charge >= 0.3 is 0 Å². The predicted octanol–water partition coefficient (Wildman–Crippen LogP) is 3.35. The summed E-state index contributed by atoms with van der Waals surface area (Å²) in [5.41, 5.74) is 3.93. The first-order chi connectivity index (χ1) is 17.0. The highest BCUT2D eigenvalue weighted by Crippen LogP contribution is 2.36. The third kappa shape index (κ3) is 6.28. The molecule has 4 aromatic rings. The Hall–Kier alpha value is -3.29. The minimum Gasteiger partial charge on any atom is -0.392 e. The number of hydrogen-bond donors (Lipinski definition) is 5. The Bertz CT molecular complexity index is 1580. The van der Waals surface area contributed by atoms with Gasteiger partial charge in [-0.2, -0.15) is 16.8 Å². The molecule has 0 bridgehead atoms. The van der Waals surface area contributed by atoms with Gasteiger partial charge in [-0.25, -0.2) is 4.98 Å². The van der Waals surface area contributed by atoms with Crippen LogP contribution in [0.15, 0.2) is 60.7 Å². The zero-order chi connectivity index (χ0) is 25.9. The van der Waals surface area contributed by atoms with Crippen LogP contribution in [0.2, 0.25) is 0 Å². The van der Waals surface area contributed by atoms with Crippen LogP contribution in [0.5, 0.6) is 0 Å². The number of aliphatic hydroxyl groups is 1. The van der Waals surface area contributed by atoms with Gasteiger partial charge in [0.1, 0.15) is 0 Å². The number of fused-ring (bicyclic) bond motifs is 2. The average Bonchev–Trinajstić information content (AvgIpc) is 2.81. The van der Waals surface area contributed by atoms with E-state index in [2.05, 4.69) is 10.6 Å². The van der Waals surface area contributed by atoms with E-state index >= 15 is 0 Å². The van der Waals surface area contributed by atoms with Gasteiger partial charge in [-0.3, -0.25) is 9.11 Å². The number of benzene rings is 3. The van der Waals surface area contributed by atoms with Gasteiger partial charge < -0.3 is 15.7 Å². The SMILES string of the molecule is O=S(=O)(O)CCNc1cc(CO)cc(Nc2c3ccccc3nc3ccccc23)c1CCS(=O)(=O)O. The van der Waals surface area contributed by atoms with Crippen molar-refractivity contribution in [3.63, 3.8) is 0 Å². The minimum atomic E-state index is -4.31. The third-order valence-corrected chi connectivity index (χ3v) is 7.07. The highest BCUT2D eigenvalue weighted by atomic mass is 32.2. The number of aromatic nitrogens is 1. The first-order valence-corrected chi connectivity index (χ1v) is 14.2. The van der Waals surface area contributed by atoms with E-state index in [4.69, 9.17) is 9.54 Å². The number of nitrogens with one attached hydrogen (secondary N) is 2. The molecular formula is C24H25N3O7S2. The molecule has 190 valence electrons. The summed E-state index contributed by atoms with van der Waals surface area (Å²) in [5.74, 6) is -1.15. The van der Waals surface area contributed by atoms with Crippen LogP contribution < -0.4 is 10.6 Å². The Labute approximate surface area is 208 Å². The summed E-state index contributed by atoms with van der Waals surface area (Å²) in [7, 11) is -8.54. The van der Waals surface area contributed by atoms with E-state index in [0.717, 1.165) is 21.8 Å². The fourth-order valence-corrected chi connectivity index (χ4v) is 4.84. The molecule has 0 saturated carbocycles. The molecule has 0 amide bonds. The highest BCUT2D eigenvalue weighted by Gasteiger charge is 2.18. The van der Waals surface area contributed by atoms with E-state index in [1.807, 2.05) is 48.5 Å². The lowest BCUT2D eigenvalue weighted by Gasteiger charge is -2.21. The molecule has 0 radical (unpaired) electrons. The molecule has 36 heavy (non-hydrogen) atoms. The van der Waals surface area contributed by atoms with E-state index < -0.39 is 31.7 Å². The second-order valence-electron chi connectivity index (χ2n) is 8.22. The molecule has 0 fully saturated rings. The van der Waals surface area contributed by atoms with Crippen molar-refractivity contribution in [2.45, 2.75) is 13.0 Å². The van der Waals surface area contributed by atoms with Crippen molar-refractivity contribution >= 4 is 59.1 Å². The van der Waals surface area contributed by atoms with Gasteiger partial charge in [0.05, 0.1) is 34.8 Å². The lowest BCUT2D eigenvalue weighted by atomic mass is 10.0. The van der Waals surface area contributed by atoms with Crippen LogP contribution in [0.4, 0.5) is 17.1 Å². The van der Waals surface area contributed by atoms with Crippen LogP contribution >= 0.6 is 0 Å². The molecule has 0 unspecified atom stereocenters. The maximum Gasteiger partial charge on any atom is 0.266 e. The van der Waals surface area contributed by atoms with Gasteiger partial charge in [0, 0.05) is 28.7 Å². The molecule has 0 aliphatic heterocycles. The van der Waals surface area contributed by atoms with Crippen LogP contribution in [-0.4, -0.2) is 54.1 Å². The Morgan fingerprint density at radius 2 is 1.33 bits per heavy atom. The van der Waals surface area contributed by atoms with Crippen LogP contribution in [0.1, 0.15) is 11.1 Å². The Morgan fingerprint density at radius 1 is 0.778 bits per heavy atom. The fourth-order valence-electron chi connectivity index (χ4n) is 4.02. The summed E-state index contributed by atoms with van der Waals surface area (Å²) in [5, 5.41) is 17.8. The van der Waals surface area contributed by atoms with Crippen molar-refractivity contribution in [3.8, 4) is 0 Å². The van der Waals surface area contributed by atoms with Crippen molar-refractivity contribution in [2.24, 2.45) is 0 Å². The smallest absolute Gasteiger partial charge is 0.266 e. The van der Waals surface area contributed by atoms with E-state index in [1.54, 1.807) is 12.1 Å². The van der Waals surface area contributed by atoms with Gasteiger partial charge in [-0.15, -0.1) is 0 Å². The van der Waals surface area contributed by atoms with E-state index in [0.29, 0.717) is 28.2 Å². The minimum absolute atomic E-state index is 0.109. The number of anilines is 3. The molecule has 12 heteroatoms. The van der Waals surface area contributed by atoms with Gasteiger partial charge in [0.15, 0.2) is 0 Å². The van der Waals surface area contributed by atoms with Crippen molar-refractivity contribution in [1.82, 2.24) is 4.98 Å². The number of nitrogens with zero attached hydrogens (tertiary/aromatic N) is 1. The molecule has 1 heterocycles. The molecule has 0 aliphatic carbocycles. The second kappa shape index (κ2) is 10.4. The summed E-state index contributed by atoms with van der Waals surface area (Å²) in [6.45, 7) is -0.495. The normalized spacial score (nSPS) is 12.2. The maximum atomic E-state index is 11.6. The summed E-state index contributed by atoms with van der Waals surface area (Å²) >= 11 is 0. The topological polar surface area (TPSA) is 166 Å². The van der Waals surface area contributed by atoms with E-state index in [1.165, 1.54) is 0 Å². The van der Waals surface area contributed by atoms with Crippen LogP contribution in [0, 0.1) is 0 Å². The molecule has 0 aliphatic rings. The predicted molar refractivity (Wildman–Crippen MR) is 140 cm³/mol. The second-order valence-corrected chi connectivity index (χ2v) is 11.4. The van der Waals surface area contributed by atoms with Gasteiger partial charge in [0.25, 0.3) is 20.2 Å². The number of pyridine rings is 1. The lowest BCUT2D eigenvalue weighted by Crippen LogP contribution is -2.17. The Morgan fingerprint density at radius 3 is 1.89 bits per heavy atom. The maximum absolute atomic E-state index is 11.6. The molecule has 1 aromatic heterocycles. The van der Waals surface area contributed by atoms with E-state index in [-0.39, 0.29) is 19.6 Å². The summed E-state index contributed by atoms with van der Waals surface area (Å²) in [4.78, 5) is 4.70. The number of rotatable bonds is 10. The molecule has 3 aromatic carbocycles. The lowest BCUT2D eigenvalue weighted by molar-refractivity contribution is 0.282. The summed E-state index contributed by atoms with van der Waals surface area (Å²) < 4.78 is 64.0. The Balaban J connectivity index is 1.87. The first-order valence-electron chi connectivity index (χ1n) is 11.0. The van der Waals surface area contributed by atoms with Gasteiger partial charge in [-0.05, 0) is 41.8 Å². The average molecular weight is 532 g/mol. The first kappa shape index (κ1) is 25.8. The van der Waals surface area contributed by atoms with E-state index in [9.17, 15) is 26.5 Å². The van der Waals surface area contributed by atoms with Crippen LogP contribution in [0.25, 0.3) is 21.8 Å². The molecule has 0 saturated heterocycles. The standard InChI is InChI=1S/C24H25N3O7S2/c28-15-16-13-22(25-10-12-36(32,33)34)17(9-11-35(29,30)31)23(14-16)27-24-18-5-1-3-7-20(18)26-21-8-4-2-6-19(21)24/h1-8,13-14,25,28H,9-12,15H2,(H,26,27)(H,29,30,31)(H,32,33,34). The summed E-state index contributed by atoms with van der Waals surface area (Å²) in [6, 6.07) is 18.3. The molecule has 0 spiro atoms. The summed E-state index contributed by atoms with van der Waals surface area (Å²) in [6.07, 6.45) is -0.109. The van der Waals surface area contributed by atoms with Crippen LogP contribution in [0.3, 0.4) is 0 Å². The third-order valence-electron chi connectivity index (χ3n) is 5.63. The van der Waals surface area contributed by atoms with Crippen molar-refractivity contribution < 1.29 is 31.0 Å². The van der Waals surface area contributed by atoms with Crippen molar-refractivity contribution in [2.75, 3.05) is 28.7 Å². The molecule has 5 N–H and O–H groups in total. The van der Waals surface area contributed by atoms with Gasteiger partial charge in [0.2, 0.25) is 0 Å². The van der Waals surface area contributed by atoms with Gasteiger partial charge in [-0.1, -0.05) is 36.4 Å². The number of para-hydroxylation sites is 2. The monoisotopic (exact) mass is 531 g/mol. The quantitative estimate of drug-likeness (QED) is 0.151. The molecule has 0 atom stereocenters. The molecule has 10 nitrogen and oxygen atoms in total. The molecule has 4 rings (SSSR count). The van der Waals surface area contributed by atoms with Crippen molar-refractivity contribution in [1.29, 1.82) is 0 Å². The fraction of sp³-hybridized carbons (Fsp3) is 0.208. The Kier molecular flexibility index (Phi) is 7.43. The number of aliphatic hydroxyl groups excluding tert-OH is 1. The highest BCUT2D eigenvalue weighted by molar-refractivity contribution is 7.86. The molecular weight excluding hydrogens is 506 g/mol. The zero-order valence-electron chi connectivity index (χ0n) is 19.0. The van der Waals surface area contributed by atoms with Crippen molar-refractivity contribution in [3.05, 3.63) is 71.8 Å². The zero-order valence-corrected chi connectivity index (χ0v) is 20.7. The van der Waals surface area contributed by atoms with Crippen LogP contribution in [-0.2, 0) is 33.3 Å².